The Balaban J connectivity index is 2.18. The van der Waals surface area contributed by atoms with Crippen LogP contribution >= 0.6 is 0 Å². The maximum absolute atomic E-state index is 4.34. The van der Waals surface area contributed by atoms with Crippen molar-refractivity contribution in [1.29, 1.82) is 0 Å². The van der Waals surface area contributed by atoms with E-state index in [0.717, 1.165) is 19.5 Å². The van der Waals surface area contributed by atoms with Crippen LogP contribution in [0.5, 0.6) is 0 Å². The predicted octanol–water partition coefficient (Wildman–Crippen LogP) is 2.50. The molecule has 4 heteroatoms. The lowest BCUT2D eigenvalue weighted by Gasteiger charge is -2.19. The Hall–Kier alpha value is -1.68. The average Bonchev–Trinajstić information content (AvgIpc) is 2.87. The number of likely N-dealkylation sites (N-methyl/N-ethyl adjacent to an activating group) is 1. The summed E-state index contributed by atoms with van der Waals surface area (Å²) in [7, 11) is 0. The van der Waals surface area contributed by atoms with E-state index >= 15 is 0 Å². The number of rotatable bonds is 6. The van der Waals surface area contributed by atoms with Gasteiger partial charge in [-0.2, -0.15) is 5.10 Å². The van der Waals surface area contributed by atoms with Crippen molar-refractivity contribution in [3.05, 3.63) is 47.5 Å². The van der Waals surface area contributed by atoms with Crippen molar-refractivity contribution in [3.63, 3.8) is 0 Å². The molecule has 2 heterocycles. The Kier molecular flexibility index (Phi) is 4.68. The molecule has 0 saturated heterocycles. The smallest absolute Gasteiger partial charge is 0.0522 e. The van der Waals surface area contributed by atoms with E-state index in [1.54, 1.807) is 0 Å². The van der Waals surface area contributed by atoms with E-state index < -0.39 is 0 Å². The number of aryl methyl sites for hydroxylation is 2. The van der Waals surface area contributed by atoms with Gasteiger partial charge in [-0.1, -0.05) is 6.92 Å². The number of pyridine rings is 1. The van der Waals surface area contributed by atoms with E-state index in [-0.39, 0.29) is 0 Å². The van der Waals surface area contributed by atoms with E-state index in [9.17, 15) is 0 Å². The van der Waals surface area contributed by atoms with Gasteiger partial charge in [0.25, 0.3) is 0 Å². The zero-order valence-electron chi connectivity index (χ0n) is 11.9. The third-order valence-corrected chi connectivity index (χ3v) is 3.36. The maximum Gasteiger partial charge on any atom is 0.0522 e. The van der Waals surface area contributed by atoms with Gasteiger partial charge in [0.15, 0.2) is 0 Å². The average molecular weight is 258 g/mol. The van der Waals surface area contributed by atoms with Crippen molar-refractivity contribution in [2.75, 3.05) is 6.54 Å². The minimum absolute atomic E-state index is 0.299. The summed E-state index contributed by atoms with van der Waals surface area (Å²) in [6.07, 6.45) is 8.83. The summed E-state index contributed by atoms with van der Waals surface area (Å²) in [6.45, 7) is 8.23. The molecule has 0 bridgehead atoms. The van der Waals surface area contributed by atoms with Gasteiger partial charge in [-0.05, 0) is 49.6 Å². The monoisotopic (exact) mass is 258 g/mol. The first-order valence-electron chi connectivity index (χ1n) is 6.89. The van der Waals surface area contributed by atoms with E-state index in [1.807, 2.05) is 23.3 Å². The summed E-state index contributed by atoms with van der Waals surface area (Å²) < 4.78 is 1.97. The van der Waals surface area contributed by atoms with E-state index in [4.69, 9.17) is 0 Å². The molecule has 19 heavy (non-hydrogen) atoms. The number of hydrogen-bond donors (Lipinski definition) is 1. The largest absolute Gasteiger partial charge is 0.310 e. The Morgan fingerprint density at radius 1 is 1.32 bits per heavy atom. The summed E-state index contributed by atoms with van der Waals surface area (Å²) in [4.78, 5) is 4.25. The first kappa shape index (κ1) is 13.7. The molecule has 0 radical (unpaired) electrons. The van der Waals surface area contributed by atoms with E-state index in [0.29, 0.717) is 6.04 Å². The number of nitrogens with zero attached hydrogens (tertiary/aromatic N) is 3. The van der Waals surface area contributed by atoms with Gasteiger partial charge in [0.2, 0.25) is 0 Å². The fourth-order valence-corrected chi connectivity index (χ4v) is 2.30. The molecular weight excluding hydrogens is 236 g/mol. The van der Waals surface area contributed by atoms with Crippen molar-refractivity contribution in [1.82, 2.24) is 20.1 Å². The predicted molar refractivity (Wildman–Crippen MR) is 77.0 cm³/mol. The van der Waals surface area contributed by atoms with Crippen LogP contribution in [0.2, 0.25) is 0 Å². The minimum atomic E-state index is 0.299. The molecule has 1 N–H and O–H groups in total. The first-order valence-corrected chi connectivity index (χ1v) is 6.89. The summed E-state index contributed by atoms with van der Waals surface area (Å²) in [6, 6.07) is 2.36. The van der Waals surface area contributed by atoms with Crippen LogP contribution in [0.25, 0.3) is 0 Å². The number of nitrogens with one attached hydrogen (secondary N) is 1. The highest BCUT2D eigenvalue weighted by atomic mass is 15.3. The minimum Gasteiger partial charge on any atom is -0.310 e. The lowest BCUT2D eigenvalue weighted by Crippen LogP contribution is -2.23. The number of aromatic nitrogens is 3. The van der Waals surface area contributed by atoms with Crippen LogP contribution in [0, 0.1) is 6.92 Å². The van der Waals surface area contributed by atoms with Crippen LogP contribution in [-0.2, 0) is 13.0 Å². The lowest BCUT2D eigenvalue weighted by atomic mass is 9.98. The van der Waals surface area contributed by atoms with Crippen LogP contribution in [0.1, 0.15) is 36.6 Å². The molecule has 2 aromatic rings. The zero-order valence-corrected chi connectivity index (χ0v) is 11.9. The Labute approximate surface area is 114 Å². The van der Waals surface area contributed by atoms with Crippen molar-refractivity contribution in [2.24, 2.45) is 0 Å². The first-order chi connectivity index (χ1) is 9.24. The van der Waals surface area contributed by atoms with Crippen LogP contribution in [0.15, 0.2) is 30.9 Å². The van der Waals surface area contributed by atoms with Gasteiger partial charge in [-0.15, -0.1) is 0 Å². The molecule has 102 valence electrons. The number of hydrogen-bond acceptors (Lipinski definition) is 3. The van der Waals surface area contributed by atoms with Crippen LogP contribution in [0.3, 0.4) is 0 Å². The molecule has 0 amide bonds. The van der Waals surface area contributed by atoms with Crippen molar-refractivity contribution < 1.29 is 0 Å². The fourth-order valence-electron chi connectivity index (χ4n) is 2.30. The van der Waals surface area contributed by atoms with Gasteiger partial charge in [-0.25, -0.2) is 0 Å². The normalized spacial score (nSPS) is 12.6. The third-order valence-electron chi connectivity index (χ3n) is 3.36. The molecule has 1 atom stereocenters. The highest BCUT2D eigenvalue weighted by Gasteiger charge is 2.14. The SMILES string of the molecule is CCNC(Cc1cnn(CC)c1)c1cnccc1C. The van der Waals surface area contributed by atoms with E-state index in [2.05, 4.69) is 48.4 Å². The molecule has 2 aromatic heterocycles. The molecule has 0 aliphatic heterocycles. The maximum atomic E-state index is 4.34. The summed E-state index contributed by atoms with van der Waals surface area (Å²) in [5.74, 6) is 0. The Morgan fingerprint density at radius 3 is 2.79 bits per heavy atom. The van der Waals surface area contributed by atoms with Gasteiger partial charge in [-0.3, -0.25) is 9.67 Å². The molecule has 0 spiro atoms. The highest BCUT2D eigenvalue weighted by Crippen LogP contribution is 2.20. The van der Waals surface area contributed by atoms with Gasteiger partial charge in [0.1, 0.15) is 0 Å². The standard InChI is InChI=1S/C15H22N4/c1-4-17-15(14-10-16-7-6-12(14)3)8-13-9-18-19(5-2)11-13/h6-7,9-11,15,17H,4-5,8H2,1-3H3. The molecule has 0 aliphatic carbocycles. The molecule has 0 saturated carbocycles. The summed E-state index contributed by atoms with van der Waals surface area (Å²) >= 11 is 0. The molecule has 2 rings (SSSR count). The quantitative estimate of drug-likeness (QED) is 0.865. The summed E-state index contributed by atoms with van der Waals surface area (Å²) in [5, 5.41) is 7.88. The Morgan fingerprint density at radius 2 is 2.16 bits per heavy atom. The van der Waals surface area contributed by atoms with Gasteiger partial charge >= 0.3 is 0 Å². The lowest BCUT2D eigenvalue weighted by molar-refractivity contribution is 0.545. The highest BCUT2D eigenvalue weighted by molar-refractivity contribution is 5.26. The second-order valence-corrected chi connectivity index (χ2v) is 4.75. The van der Waals surface area contributed by atoms with E-state index in [1.165, 1.54) is 16.7 Å². The van der Waals surface area contributed by atoms with Gasteiger partial charge in [0, 0.05) is 31.2 Å². The fraction of sp³-hybridized carbons (Fsp3) is 0.467. The zero-order chi connectivity index (χ0) is 13.7. The van der Waals surface area contributed by atoms with Crippen LogP contribution in [0.4, 0.5) is 0 Å². The van der Waals surface area contributed by atoms with Crippen LogP contribution < -0.4 is 5.32 Å². The molecule has 1 unspecified atom stereocenters. The van der Waals surface area contributed by atoms with Crippen molar-refractivity contribution in [2.45, 2.75) is 39.8 Å². The molecule has 0 fully saturated rings. The second-order valence-electron chi connectivity index (χ2n) is 4.75. The van der Waals surface area contributed by atoms with Crippen LogP contribution in [-0.4, -0.2) is 21.3 Å². The molecule has 4 nitrogen and oxygen atoms in total. The Bertz CT molecular complexity index is 518. The summed E-state index contributed by atoms with van der Waals surface area (Å²) in [5.41, 5.74) is 3.81. The van der Waals surface area contributed by atoms with Gasteiger partial charge < -0.3 is 5.32 Å². The van der Waals surface area contributed by atoms with Gasteiger partial charge in [0.05, 0.1) is 6.20 Å². The molecule has 0 aromatic carbocycles. The van der Waals surface area contributed by atoms with Crippen molar-refractivity contribution >= 4 is 0 Å². The second kappa shape index (κ2) is 6.48. The van der Waals surface area contributed by atoms with Crippen molar-refractivity contribution in [3.8, 4) is 0 Å². The topological polar surface area (TPSA) is 42.7 Å². The molecule has 0 aliphatic rings. The molecular formula is C15H22N4. The third kappa shape index (κ3) is 3.41.